The summed E-state index contributed by atoms with van der Waals surface area (Å²) in [5, 5.41) is 3.44. The van der Waals surface area contributed by atoms with Crippen LogP contribution in [0.25, 0.3) is 0 Å². The Hall–Kier alpha value is -2.55. The van der Waals surface area contributed by atoms with Crippen LogP contribution >= 0.6 is 0 Å². The van der Waals surface area contributed by atoms with Crippen molar-refractivity contribution < 1.29 is 9.53 Å². The summed E-state index contributed by atoms with van der Waals surface area (Å²) in [7, 11) is 0. The summed E-state index contributed by atoms with van der Waals surface area (Å²) >= 11 is 0. The Bertz CT molecular complexity index is 807. The number of fused-ring (bicyclic) bond motifs is 10. The lowest BCUT2D eigenvalue weighted by molar-refractivity contribution is -0.143. The number of rotatable bonds is 0. The van der Waals surface area contributed by atoms with Crippen molar-refractivity contribution in [2.75, 3.05) is 18.5 Å². The SMILES string of the molecule is O=C1CCCCNc2ccc(cc2)C2C=CCc3c(cccc32)CCO1. The molecule has 3 heteroatoms. The fourth-order valence-corrected chi connectivity index (χ4v) is 3.93. The van der Waals surface area contributed by atoms with Crippen LogP contribution in [0.3, 0.4) is 0 Å². The maximum Gasteiger partial charge on any atom is 0.305 e. The van der Waals surface area contributed by atoms with E-state index in [1.807, 2.05) is 0 Å². The molecule has 6 bridgehead atoms. The predicted molar refractivity (Wildman–Crippen MR) is 105 cm³/mol. The topological polar surface area (TPSA) is 38.3 Å². The first kappa shape index (κ1) is 16.9. The van der Waals surface area contributed by atoms with E-state index in [9.17, 15) is 4.79 Å². The molecule has 1 unspecified atom stereocenters. The van der Waals surface area contributed by atoms with E-state index in [-0.39, 0.29) is 5.97 Å². The van der Waals surface area contributed by atoms with Crippen molar-refractivity contribution in [3.8, 4) is 0 Å². The normalized spacial score (nSPS) is 20.2. The van der Waals surface area contributed by atoms with Gasteiger partial charge in [-0.15, -0.1) is 0 Å². The van der Waals surface area contributed by atoms with Crippen LogP contribution in [0.1, 0.15) is 47.4 Å². The lowest BCUT2D eigenvalue weighted by Gasteiger charge is -2.24. The molecule has 0 spiro atoms. The maximum absolute atomic E-state index is 11.9. The first-order valence-corrected chi connectivity index (χ1v) is 9.58. The third-order valence-corrected chi connectivity index (χ3v) is 5.34. The van der Waals surface area contributed by atoms with Crippen LogP contribution < -0.4 is 5.32 Å². The Labute approximate surface area is 155 Å². The Morgan fingerprint density at radius 3 is 2.77 bits per heavy atom. The molecule has 0 saturated heterocycles. The second-order valence-corrected chi connectivity index (χ2v) is 7.07. The molecule has 3 aliphatic rings. The minimum absolute atomic E-state index is 0.0826. The number of benzene rings is 2. The highest BCUT2D eigenvalue weighted by atomic mass is 16.5. The highest BCUT2D eigenvalue weighted by Crippen LogP contribution is 2.35. The molecule has 2 aromatic carbocycles. The second kappa shape index (κ2) is 7.77. The number of allylic oxidation sites excluding steroid dienone is 2. The standard InChI is InChI=1S/C23H25NO2/c25-23-9-1-2-15-24-19-12-10-18(11-13-19)21-7-4-6-20-17(14-16-26-23)5-3-8-22(20)21/h3-5,7-8,10-13,21,24H,1-2,6,9,14-16H2. The average Bonchev–Trinajstić information content (AvgIpc) is 2.67. The van der Waals surface area contributed by atoms with Crippen molar-refractivity contribution >= 4 is 11.7 Å². The van der Waals surface area contributed by atoms with Gasteiger partial charge in [0.1, 0.15) is 0 Å². The number of anilines is 1. The molecule has 1 atom stereocenters. The summed E-state index contributed by atoms with van der Waals surface area (Å²) in [6.45, 7) is 1.34. The summed E-state index contributed by atoms with van der Waals surface area (Å²) in [4.78, 5) is 11.9. The number of nitrogens with one attached hydrogen (secondary N) is 1. The van der Waals surface area contributed by atoms with Gasteiger partial charge in [0, 0.05) is 31.0 Å². The monoisotopic (exact) mass is 347 g/mol. The minimum atomic E-state index is -0.0826. The number of hydrogen-bond donors (Lipinski definition) is 1. The summed E-state index contributed by atoms with van der Waals surface area (Å²) in [6, 6.07) is 15.3. The number of ether oxygens (including phenoxy) is 1. The van der Waals surface area contributed by atoms with E-state index in [0.717, 1.165) is 37.9 Å². The van der Waals surface area contributed by atoms with Gasteiger partial charge in [-0.25, -0.2) is 0 Å². The molecule has 5 rings (SSSR count). The van der Waals surface area contributed by atoms with Crippen molar-refractivity contribution in [2.24, 2.45) is 0 Å². The number of esters is 1. The quantitative estimate of drug-likeness (QED) is 0.558. The van der Waals surface area contributed by atoms with Gasteiger partial charge in [-0.3, -0.25) is 4.79 Å². The molecule has 0 saturated carbocycles. The van der Waals surface area contributed by atoms with E-state index in [1.54, 1.807) is 0 Å². The van der Waals surface area contributed by atoms with E-state index < -0.39 is 0 Å². The third kappa shape index (κ3) is 3.67. The molecule has 0 radical (unpaired) electrons. The first-order valence-electron chi connectivity index (χ1n) is 9.58. The number of carbonyl (C=O) groups is 1. The zero-order chi connectivity index (χ0) is 17.8. The van der Waals surface area contributed by atoms with Gasteiger partial charge in [0.25, 0.3) is 0 Å². The molecule has 2 heterocycles. The van der Waals surface area contributed by atoms with Crippen molar-refractivity contribution in [1.29, 1.82) is 0 Å². The van der Waals surface area contributed by atoms with E-state index in [4.69, 9.17) is 4.74 Å². The van der Waals surface area contributed by atoms with Gasteiger partial charge in [0.15, 0.2) is 0 Å². The molecule has 0 amide bonds. The van der Waals surface area contributed by atoms with Crippen LogP contribution in [0, 0.1) is 0 Å². The molecule has 1 N–H and O–H groups in total. The number of carbonyl (C=O) groups excluding carboxylic acids is 1. The van der Waals surface area contributed by atoms with Crippen LogP contribution in [0.5, 0.6) is 0 Å². The van der Waals surface area contributed by atoms with Gasteiger partial charge in [0.05, 0.1) is 6.61 Å². The van der Waals surface area contributed by atoms with Crippen LogP contribution in [0.2, 0.25) is 0 Å². The molecule has 26 heavy (non-hydrogen) atoms. The first-order chi connectivity index (χ1) is 12.8. The smallest absolute Gasteiger partial charge is 0.305 e. The van der Waals surface area contributed by atoms with Crippen LogP contribution in [-0.2, 0) is 22.4 Å². The highest BCUT2D eigenvalue weighted by Gasteiger charge is 2.20. The van der Waals surface area contributed by atoms with Gasteiger partial charge in [-0.2, -0.15) is 0 Å². The van der Waals surface area contributed by atoms with Gasteiger partial charge < -0.3 is 10.1 Å². The predicted octanol–water partition coefficient (Wildman–Crippen LogP) is 4.61. The van der Waals surface area contributed by atoms with Crippen molar-refractivity contribution in [3.63, 3.8) is 0 Å². The van der Waals surface area contributed by atoms with Gasteiger partial charge in [-0.1, -0.05) is 42.5 Å². The average molecular weight is 347 g/mol. The van der Waals surface area contributed by atoms with Crippen molar-refractivity contribution in [3.05, 3.63) is 76.9 Å². The van der Waals surface area contributed by atoms with Crippen LogP contribution in [0.15, 0.2) is 54.6 Å². The second-order valence-electron chi connectivity index (χ2n) is 7.07. The lowest BCUT2D eigenvalue weighted by Crippen LogP contribution is -2.12. The van der Waals surface area contributed by atoms with E-state index in [2.05, 4.69) is 59.9 Å². The lowest BCUT2D eigenvalue weighted by atomic mass is 9.81. The van der Waals surface area contributed by atoms with Crippen molar-refractivity contribution in [1.82, 2.24) is 0 Å². The summed E-state index contributed by atoms with van der Waals surface area (Å²) < 4.78 is 5.45. The molecule has 0 fully saturated rings. The highest BCUT2D eigenvalue weighted by molar-refractivity contribution is 5.69. The van der Waals surface area contributed by atoms with Crippen LogP contribution in [0.4, 0.5) is 5.69 Å². The Morgan fingerprint density at radius 1 is 1.00 bits per heavy atom. The summed E-state index contributed by atoms with van der Waals surface area (Å²) in [5.74, 6) is 0.215. The van der Waals surface area contributed by atoms with Gasteiger partial charge in [0.2, 0.25) is 0 Å². The Kier molecular flexibility index (Phi) is 5.05. The minimum Gasteiger partial charge on any atom is -0.465 e. The van der Waals surface area contributed by atoms with Gasteiger partial charge in [-0.05, 0) is 53.6 Å². The number of hydrogen-bond acceptors (Lipinski definition) is 3. The van der Waals surface area contributed by atoms with Crippen LogP contribution in [-0.4, -0.2) is 19.1 Å². The molecule has 2 aromatic rings. The Balaban J connectivity index is 1.67. The van der Waals surface area contributed by atoms with E-state index in [1.165, 1.54) is 22.3 Å². The molecule has 0 aromatic heterocycles. The molecular weight excluding hydrogens is 322 g/mol. The third-order valence-electron chi connectivity index (χ3n) is 5.34. The fraction of sp³-hybridized carbons (Fsp3) is 0.348. The zero-order valence-electron chi connectivity index (χ0n) is 15.0. The largest absolute Gasteiger partial charge is 0.465 e. The summed E-state index contributed by atoms with van der Waals surface area (Å²) in [5.41, 5.74) is 6.52. The zero-order valence-corrected chi connectivity index (χ0v) is 15.0. The van der Waals surface area contributed by atoms with E-state index >= 15 is 0 Å². The fourth-order valence-electron chi connectivity index (χ4n) is 3.93. The van der Waals surface area contributed by atoms with E-state index in [0.29, 0.717) is 18.9 Å². The molecule has 2 aliphatic heterocycles. The molecular formula is C23H25NO2. The summed E-state index contributed by atoms with van der Waals surface area (Å²) in [6.07, 6.45) is 8.64. The molecule has 3 nitrogen and oxygen atoms in total. The molecule has 1 aliphatic carbocycles. The van der Waals surface area contributed by atoms with Gasteiger partial charge >= 0.3 is 5.97 Å². The Morgan fingerprint density at radius 2 is 1.88 bits per heavy atom. The molecule has 134 valence electrons. The maximum atomic E-state index is 11.9. The van der Waals surface area contributed by atoms with Crippen molar-refractivity contribution in [2.45, 2.75) is 38.0 Å².